The van der Waals surface area contributed by atoms with E-state index in [9.17, 15) is 5.26 Å². The van der Waals surface area contributed by atoms with Gasteiger partial charge >= 0.3 is 0 Å². The van der Waals surface area contributed by atoms with Crippen LogP contribution in [0, 0.1) is 11.3 Å². The number of rotatable bonds is 2. The van der Waals surface area contributed by atoms with Crippen LogP contribution < -0.4 is 0 Å². The summed E-state index contributed by atoms with van der Waals surface area (Å²) < 4.78 is 1.58. The fraction of sp³-hybridized carbons (Fsp3) is 0.417. The fourth-order valence-corrected chi connectivity index (χ4v) is 2.96. The Kier molecular flexibility index (Phi) is 3.17. The maximum Gasteiger partial charge on any atom is 0.215 e. The van der Waals surface area contributed by atoms with Crippen LogP contribution in [0.25, 0.3) is 0 Å². The molecule has 0 saturated heterocycles. The molecule has 0 aromatic carbocycles. The van der Waals surface area contributed by atoms with Crippen molar-refractivity contribution in [1.29, 1.82) is 5.26 Å². The van der Waals surface area contributed by atoms with Crippen LogP contribution in [0.3, 0.4) is 0 Å². The second kappa shape index (κ2) is 4.97. The number of nitriles is 1. The lowest BCUT2D eigenvalue weighted by molar-refractivity contribution is 0.656. The number of aryl methyl sites for hydroxylation is 3. The van der Waals surface area contributed by atoms with E-state index in [2.05, 4.69) is 26.6 Å². The molecule has 2 aromatic rings. The zero-order chi connectivity index (χ0) is 13.2. The summed E-state index contributed by atoms with van der Waals surface area (Å²) in [6, 6.07) is 4.18. The second-order valence-electron chi connectivity index (χ2n) is 4.45. The number of tetrazole rings is 1. The molecule has 2 aromatic heterocycles. The molecule has 19 heavy (non-hydrogen) atoms. The topological polar surface area (TPSA) is 80.3 Å². The molecule has 2 heterocycles. The molecule has 3 rings (SSSR count). The summed E-state index contributed by atoms with van der Waals surface area (Å²) in [7, 11) is 1.77. The Morgan fingerprint density at radius 3 is 2.95 bits per heavy atom. The highest BCUT2D eigenvalue weighted by Gasteiger charge is 2.17. The molecule has 0 radical (unpaired) electrons. The summed E-state index contributed by atoms with van der Waals surface area (Å²) >= 11 is 1.34. The standard InChI is InChI=1S/C12H12N6S/c1-18-12(15-16-17-18)19-11-9(7-13)6-8-4-2-3-5-10(8)14-11/h6H,2-5H2,1H3. The van der Waals surface area contributed by atoms with Crippen LogP contribution in [0.4, 0.5) is 0 Å². The second-order valence-corrected chi connectivity index (χ2v) is 5.41. The Bertz CT molecular complexity index is 657. The quantitative estimate of drug-likeness (QED) is 0.824. The lowest BCUT2D eigenvalue weighted by Gasteiger charge is -2.16. The van der Waals surface area contributed by atoms with Gasteiger partial charge in [0.25, 0.3) is 0 Å². The maximum absolute atomic E-state index is 9.26. The van der Waals surface area contributed by atoms with Crippen molar-refractivity contribution in [3.05, 3.63) is 22.9 Å². The molecule has 1 aliphatic carbocycles. The minimum Gasteiger partial charge on any atom is -0.244 e. The molecule has 1 aliphatic rings. The molecule has 7 heteroatoms. The van der Waals surface area contributed by atoms with E-state index in [4.69, 9.17) is 0 Å². The zero-order valence-electron chi connectivity index (χ0n) is 10.5. The largest absolute Gasteiger partial charge is 0.244 e. The minimum atomic E-state index is 0.605. The molecule has 0 N–H and O–H groups in total. The summed E-state index contributed by atoms with van der Waals surface area (Å²) in [5.41, 5.74) is 2.93. The first-order chi connectivity index (χ1) is 9.28. The minimum absolute atomic E-state index is 0.605. The van der Waals surface area contributed by atoms with Crippen LogP contribution in [0.2, 0.25) is 0 Å². The monoisotopic (exact) mass is 272 g/mol. The van der Waals surface area contributed by atoms with Gasteiger partial charge in [-0.05, 0) is 59.5 Å². The first-order valence-corrected chi connectivity index (χ1v) is 6.92. The van der Waals surface area contributed by atoms with Gasteiger partial charge in [-0.15, -0.1) is 5.10 Å². The number of aromatic nitrogens is 5. The summed E-state index contributed by atoms with van der Waals surface area (Å²) in [4.78, 5) is 4.63. The van der Waals surface area contributed by atoms with E-state index >= 15 is 0 Å². The molecule has 0 unspecified atom stereocenters. The molecule has 0 amide bonds. The third-order valence-corrected chi connectivity index (χ3v) is 4.19. The van der Waals surface area contributed by atoms with Crippen molar-refractivity contribution in [2.24, 2.45) is 7.05 Å². The average Bonchev–Trinajstić information content (AvgIpc) is 2.83. The van der Waals surface area contributed by atoms with Crippen molar-refractivity contribution >= 4 is 11.8 Å². The Balaban J connectivity index is 2.01. The van der Waals surface area contributed by atoms with Crippen molar-refractivity contribution in [2.45, 2.75) is 35.9 Å². The van der Waals surface area contributed by atoms with Gasteiger partial charge in [-0.3, -0.25) is 0 Å². The highest BCUT2D eigenvalue weighted by Crippen LogP contribution is 2.30. The van der Waals surface area contributed by atoms with Gasteiger partial charge in [0.05, 0.1) is 5.56 Å². The summed E-state index contributed by atoms with van der Waals surface area (Å²) in [5, 5.41) is 21.9. The van der Waals surface area contributed by atoms with E-state index in [0.717, 1.165) is 18.5 Å². The molecule has 0 bridgehead atoms. The van der Waals surface area contributed by atoms with Crippen molar-refractivity contribution < 1.29 is 0 Å². The Morgan fingerprint density at radius 1 is 1.37 bits per heavy atom. The molecule has 0 spiro atoms. The first kappa shape index (κ1) is 12.1. The zero-order valence-corrected chi connectivity index (χ0v) is 11.3. The van der Waals surface area contributed by atoms with E-state index in [1.165, 1.54) is 30.2 Å². The molecule has 0 saturated carbocycles. The Hall–Kier alpha value is -1.94. The molecular weight excluding hydrogens is 260 g/mol. The van der Waals surface area contributed by atoms with Crippen LogP contribution in [-0.2, 0) is 19.9 Å². The number of hydrogen-bond acceptors (Lipinski definition) is 6. The summed E-state index contributed by atoms with van der Waals surface area (Å²) in [6.45, 7) is 0. The molecule has 0 fully saturated rings. The maximum atomic E-state index is 9.26. The van der Waals surface area contributed by atoms with E-state index in [1.54, 1.807) is 11.7 Å². The third-order valence-electron chi connectivity index (χ3n) is 3.16. The van der Waals surface area contributed by atoms with Gasteiger partial charge in [0.15, 0.2) is 0 Å². The number of pyridine rings is 1. The molecular formula is C12H12N6S. The smallest absolute Gasteiger partial charge is 0.215 e. The normalized spacial score (nSPS) is 13.9. The van der Waals surface area contributed by atoms with E-state index < -0.39 is 0 Å². The molecule has 0 aliphatic heterocycles. The van der Waals surface area contributed by atoms with E-state index in [1.807, 2.05) is 6.07 Å². The summed E-state index contributed by atoms with van der Waals surface area (Å²) in [6.07, 6.45) is 4.36. The number of hydrogen-bond donors (Lipinski definition) is 0. The van der Waals surface area contributed by atoms with Crippen LogP contribution in [0.15, 0.2) is 16.2 Å². The van der Waals surface area contributed by atoms with Crippen molar-refractivity contribution in [1.82, 2.24) is 25.2 Å². The van der Waals surface area contributed by atoms with E-state index in [0.29, 0.717) is 15.7 Å². The highest BCUT2D eigenvalue weighted by molar-refractivity contribution is 7.99. The predicted octanol–water partition coefficient (Wildman–Crippen LogP) is 1.51. The summed E-state index contributed by atoms with van der Waals surface area (Å²) in [5.74, 6) is 0. The lowest BCUT2D eigenvalue weighted by atomic mass is 9.95. The van der Waals surface area contributed by atoms with Crippen molar-refractivity contribution in [2.75, 3.05) is 0 Å². The van der Waals surface area contributed by atoms with Gasteiger partial charge in [-0.1, -0.05) is 0 Å². The average molecular weight is 272 g/mol. The molecule has 6 nitrogen and oxygen atoms in total. The van der Waals surface area contributed by atoms with Crippen molar-refractivity contribution in [3.8, 4) is 6.07 Å². The first-order valence-electron chi connectivity index (χ1n) is 6.11. The molecule has 96 valence electrons. The van der Waals surface area contributed by atoms with Gasteiger partial charge in [-0.25, -0.2) is 9.67 Å². The van der Waals surface area contributed by atoms with Gasteiger partial charge in [0.2, 0.25) is 5.16 Å². The SMILES string of the molecule is Cn1nnnc1Sc1nc2c(cc1C#N)CCCC2. The number of nitrogens with zero attached hydrogens (tertiary/aromatic N) is 6. The van der Waals surface area contributed by atoms with Crippen LogP contribution in [0.1, 0.15) is 29.7 Å². The van der Waals surface area contributed by atoms with E-state index in [-0.39, 0.29) is 0 Å². The number of fused-ring (bicyclic) bond motifs is 1. The highest BCUT2D eigenvalue weighted by atomic mass is 32.2. The lowest BCUT2D eigenvalue weighted by Crippen LogP contribution is -2.07. The van der Waals surface area contributed by atoms with Gasteiger partial charge < -0.3 is 0 Å². The Labute approximate surface area is 114 Å². The predicted molar refractivity (Wildman–Crippen MR) is 68.5 cm³/mol. The Morgan fingerprint density at radius 2 is 2.21 bits per heavy atom. The third kappa shape index (κ3) is 2.31. The van der Waals surface area contributed by atoms with Crippen LogP contribution in [0.5, 0.6) is 0 Å². The van der Waals surface area contributed by atoms with Gasteiger partial charge in [0, 0.05) is 12.7 Å². The molecule has 0 atom stereocenters. The van der Waals surface area contributed by atoms with Gasteiger partial charge in [0.1, 0.15) is 11.1 Å². The van der Waals surface area contributed by atoms with Crippen LogP contribution >= 0.6 is 11.8 Å². The van der Waals surface area contributed by atoms with Gasteiger partial charge in [-0.2, -0.15) is 5.26 Å². The van der Waals surface area contributed by atoms with Crippen LogP contribution in [-0.4, -0.2) is 25.2 Å². The fourth-order valence-electron chi connectivity index (χ4n) is 2.17. The van der Waals surface area contributed by atoms with Crippen molar-refractivity contribution in [3.63, 3.8) is 0 Å².